The van der Waals surface area contributed by atoms with Gasteiger partial charge in [-0.05, 0) is 26.8 Å². The van der Waals surface area contributed by atoms with Crippen LogP contribution in [-0.2, 0) is 0 Å². The molecule has 0 aliphatic heterocycles. The molecule has 2 aromatic rings. The number of aryl methyl sites for hydroxylation is 2. The molecular weight excluding hydrogens is 234 g/mol. The largest absolute Gasteiger partial charge is 0.342 e. The fourth-order valence-electron chi connectivity index (χ4n) is 1.47. The maximum atomic E-state index is 12.1. The summed E-state index contributed by atoms with van der Waals surface area (Å²) in [6.45, 7) is 5.30. The summed E-state index contributed by atoms with van der Waals surface area (Å²) >= 11 is 0. The Hall–Kier alpha value is -2.38. The Kier molecular flexibility index (Phi) is 3.26. The summed E-state index contributed by atoms with van der Waals surface area (Å²) in [5.41, 5.74) is 1.77. The maximum Gasteiger partial charge on any atom is 0.253 e. The van der Waals surface area contributed by atoms with Crippen molar-refractivity contribution in [1.82, 2.24) is 36.1 Å². The number of amides is 1. The number of aromatic nitrogens is 6. The highest BCUT2D eigenvalue weighted by Crippen LogP contribution is 2.09. The van der Waals surface area contributed by atoms with Gasteiger partial charge in [-0.1, -0.05) is 5.21 Å². The second kappa shape index (κ2) is 4.86. The molecule has 0 saturated heterocycles. The van der Waals surface area contributed by atoms with Crippen LogP contribution in [0.5, 0.6) is 0 Å². The number of nitrogens with zero attached hydrogens (tertiary/aromatic N) is 5. The Balaban J connectivity index is 2.15. The van der Waals surface area contributed by atoms with E-state index in [9.17, 15) is 4.79 Å². The van der Waals surface area contributed by atoms with Crippen molar-refractivity contribution in [2.75, 3.05) is 0 Å². The smallest absolute Gasteiger partial charge is 0.253 e. The van der Waals surface area contributed by atoms with Crippen LogP contribution >= 0.6 is 0 Å². The van der Waals surface area contributed by atoms with E-state index in [0.717, 1.165) is 0 Å². The van der Waals surface area contributed by atoms with Crippen LogP contribution in [0.1, 0.15) is 40.5 Å². The van der Waals surface area contributed by atoms with Gasteiger partial charge in [0.2, 0.25) is 0 Å². The highest BCUT2D eigenvalue weighted by atomic mass is 16.1. The van der Waals surface area contributed by atoms with Gasteiger partial charge in [0.25, 0.3) is 5.91 Å². The zero-order chi connectivity index (χ0) is 13.1. The van der Waals surface area contributed by atoms with Crippen molar-refractivity contribution < 1.29 is 4.79 Å². The van der Waals surface area contributed by atoms with Gasteiger partial charge in [-0.15, -0.1) is 10.2 Å². The van der Waals surface area contributed by atoms with E-state index in [0.29, 0.717) is 22.8 Å². The van der Waals surface area contributed by atoms with Gasteiger partial charge in [-0.25, -0.2) is 0 Å². The molecule has 0 aliphatic carbocycles. The van der Waals surface area contributed by atoms with Crippen LogP contribution in [0.3, 0.4) is 0 Å². The van der Waals surface area contributed by atoms with E-state index in [4.69, 9.17) is 0 Å². The van der Waals surface area contributed by atoms with E-state index < -0.39 is 0 Å². The average molecular weight is 247 g/mol. The molecule has 0 spiro atoms. The van der Waals surface area contributed by atoms with Crippen LogP contribution in [0, 0.1) is 13.8 Å². The summed E-state index contributed by atoms with van der Waals surface area (Å²) in [6.07, 6.45) is 0. The second-order valence-electron chi connectivity index (χ2n) is 3.95. The molecule has 94 valence electrons. The van der Waals surface area contributed by atoms with E-state index in [2.05, 4.69) is 36.1 Å². The third-order valence-electron chi connectivity index (χ3n) is 2.44. The number of rotatable bonds is 3. The molecule has 8 heteroatoms. The number of carbonyl (C=O) groups excluding carboxylic acids is 1. The molecule has 0 fully saturated rings. The molecule has 2 aromatic heterocycles. The predicted octanol–water partition coefficient (Wildman–Crippen LogP) is 0.0975. The van der Waals surface area contributed by atoms with Crippen molar-refractivity contribution in [3.63, 3.8) is 0 Å². The molecule has 0 bridgehead atoms. The molecule has 0 radical (unpaired) electrons. The SMILES string of the molecule is Cc1cc(C(=O)NC(C)c2nn[nH]n2)c(C)nn1. The number of hydrogen-bond acceptors (Lipinski definition) is 6. The molecule has 2 heterocycles. The molecule has 8 nitrogen and oxygen atoms in total. The zero-order valence-electron chi connectivity index (χ0n) is 10.3. The Labute approximate surface area is 103 Å². The molecular formula is C10H13N7O. The van der Waals surface area contributed by atoms with Crippen LogP contribution < -0.4 is 5.32 Å². The van der Waals surface area contributed by atoms with Gasteiger partial charge in [0, 0.05) is 0 Å². The quantitative estimate of drug-likeness (QED) is 0.795. The standard InChI is InChI=1S/C10H13N7O/c1-5-4-8(6(2)13-12-5)10(18)11-7(3)9-14-16-17-15-9/h4,7H,1-3H3,(H,11,18)(H,14,15,16,17). The lowest BCUT2D eigenvalue weighted by atomic mass is 10.1. The lowest BCUT2D eigenvalue weighted by molar-refractivity contribution is 0.0937. The van der Waals surface area contributed by atoms with Crippen molar-refractivity contribution in [3.8, 4) is 0 Å². The van der Waals surface area contributed by atoms with Gasteiger partial charge < -0.3 is 5.32 Å². The average Bonchev–Trinajstić information content (AvgIpc) is 2.85. The third kappa shape index (κ3) is 2.47. The number of H-pyrrole nitrogens is 1. The Morgan fingerprint density at radius 1 is 1.33 bits per heavy atom. The van der Waals surface area contributed by atoms with E-state index in [1.807, 2.05) is 0 Å². The topological polar surface area (TPSA) is 109 Å². The molecule has 2 rings (SSSR count). The third-order valence-corrected chi connectivity index (χ3v) is 2.44. The Morgan fingerprint density at radius 3 is 2.78 bits per heavy atom. The van der Waals surface area contributed by atoms with Crippen LogP contribution in [0.4, 0.5) is 0 Å². The first-order chi connectivity index (χ1) is 8.58. The van der Waals surface area contributed by atoms with Gasteiger partial charge >= 0.3 is 0 Å². The molecule has 0 aromatic carbocycles. The molecule has 0 saturated carbocycles. The van der Waals surface area contributed by atoms with Crippen LogP contribution in [0.2, 0.25) is 0 Å². The van der Waals surface area contributed by atoms with Crippen LogP contribution in [-0.4, -0.2) is 36.7 Å². The van der Waals surface area contributed by atoms with Crippen molar-refractivity contribution in [2.24, 2.45) is 0 Å². The molecule has 1 amide bonds. The van der Waals surface area contributed by atoms with Crippen molar-refractivity contribution >= 4 is 5.91 Å². The summed E-state index contributed by atoms with van der Waals surface area (Å²) in [6, 6.07) is 1.37. The fourth-order valence-corrected chi connectivity index (χ4v) is 1.47. The van der Waals surface area contributed by atoms with Crippen molar-refractivity contribution in [1.29, 1.82) is 0 Å². The number of aromatic amines is 1. The highest BCUT2D eigenvalue weighted by Gasteiger charge is 2.17. The second-order valence-corrected chi connectivity index (χ2v) is 3.95. The molecule has 0 aliphatic rings. The van der Waals surface area contributed by atoms with E-state index in [1.165, 1.54) is 0 Å². The number of nitrogens with one attached hydrogen (secondary N) is 2. The lowest BCUT2D eigenvalue weighted by Crippen LogP contribution is -2.28. The summed E-state index contributed by atoms with van der Waals surface area (Å²) in [4.78, 5) is 12.1. The normalized spacial score (nSPS) is 12.2. The summed E-state index contributed by atoms with van der Waals surface area (Å²) in [5.74, 6) is 0.197. The first kappa shape index (κ1) is 12.1. The van der Waals surface area contributed by atoms with E-state index >= 15 is 0 Å². The first-order valence-electron chi connectivity index (χ1n) is 5.43. The lowest BCUT2D eigenvalue weighted by Gasteiger charge is -2.11. The van der Waals surface area contributed by atoms with Gasteiger partial charge in [0.1, 0.15) is 0 Å². The van der Waals surface area contributed by atoms with Crippen LogP contribution in [0.25, 0.3) is 0 Å². The number of carbonyl (C=O) groups is 1. The number of hydrogen-bond donors (Lipinski definition) is 2. The fraction of sp³-hybridized carbons (Fsp3) is 0.400. The first-order valence-corrected chi connectivity index (χ1v) is 5.43. The number of tetrazole rings is 1. The van der Waals surface area contributed by atoms with Gasteiger partial charge in [0.05, 0.1) is 23.0 Å². The summed E-state index contributed by atoms with van der Waals surface area (Å²) in [5, 5.41) is 24.0. The van der Waals surface area contributed by atoms with Crippen molar-refractivity contribution in [2.45, 2.75) is 26.8 Å². The summed E-state index contributed by atoms with van der Waals surface area (Å²) < 4.78 is 0. The van der Waals surface area contributed by atoms with Gasteiger partial charge in [-0.3, -0.25) is 4.79 Å². The van der Waals surface area contributed by atoms with Gasteiger partial charge in [0.15, 0.2) is 5.82 Å². The Bertz CT molecular complexity index is 551. The monoisotopic (exact) mass is 247 g/mol. The van der Waals surface area contributed by atoms with E-state index in [-0.39, 0.29) is 11.9 Å². The zero-order valence-corrected chi connectivity index (χ0v) is 10.3. The predicted molar refractivity (Wildman–Crippen MR) is 61.6 cm³/mol. The van der Waals surface area contributed by atoms with E-state index in [1.54, 1.807) is 26.8 Å². The van der Waals surface area contributed by atoms with Crippen molar-refractivity contribution in [3.05, 3.63) is 28.8 Å². The molecule has 18 heavy (non-hydrogen) atoms. The molecule has 2 N–H and O–H groups in total. The maximum absolute atomic E-state index is 12.1. The molecule has 1 atom stereocenters. The van der Waals surface area contributed by atoms with Gasteiger partial charge in [-0.2, -0.15) is 15.4 Å². The summed E-state index contributed by atoms with van der Waals surface area (Å²) in [7, 11) is 0. The minimum atomic E-state index is -0.330. The minimum absolute atomic E-state index is 0.234. The highest BCUT2D eigenvalue weighted by molar-refractivity contribution is 5.95. The Morgan fingerprint density at radius 2 is 2.11 bits per heavy atom. The van der Waals surface area contributed by atoms with Crippen LogP contribution in [0.15, 0.2) is 6.07 Å². The minimum Gasteiger partial charge on any atom is -0.342 e. The molecule has 1 unspecified atom stereocenters.